The molecule has 2 nitrogen and oxygen atoms in total. The summed E-state index contributed by atoms with van der Waals surface area (Å²) in [6, 6.07) is 2.68. The van der Waals surface area contributed by atoms with E-state index >= 15 is 0 Å². The van der Waals surface area contributed by atoms with E-state index in [0.29, 0.717) is 6.04 Å². The summed E-state index contributed by atoms with van der Waals surface area (Å²) in [5.41, 5.74) is 1.14. The molecule has 1 heterocycles. The third kappa shape index (κ3) is 2.25. The fourth-order valence-corrected chi connectivity index (χ4v) is 1.92. The highest BCUT2D eigenvalue weighted by Crippen LogP contribution is 2.33. The summed E-state index contributed by atoms with van der Waals surface area (Å²) in [4.78, 5) is 3.96. The van der Waals surface area contributed by atoms with Crippen molar-refractivity contribution in [3.63, 3.8) is 0 Å². The van der Waals surface area contributed by atoms with Gasteiger partial charge in [-0.2, -0.15) is 0 Å². The number of hydrogen-bond acceptors (Lipinski definition) is 2. The monoisotopic (exact) mass is 210 g/mol. The Hall–Kier alpha value is -0.600. The van der Waals surface area contributed by atoms with Crippen molar-refractivity contribution in [2.45, 2.75) is 32.4 Å². The summed E-state index contributed by atoms with van der Waals surface area (Å²) < 4.78 is 0. The average Bonchev–Trinajstić information content (AvgIpc) is 2.95. The van der Waals surface area contributed by atoms with E-state index < -0.39 is 0 Å². The van der Waals surface area contributed by atoms with Crippen LogP contribution in [0.25, 0.3) is 0 Å². The zero-order valence-corrected chi connectivity index (χ0v) is 9.09. The molecule has 2 unspecified atom stereocenters. The molecule has 0 bridgehead atoms. The second-order valence-electron chi connectivity index (χ2n) is 3.86. The third-order valence-corrected chi connectivity index (χ3v) is 3.20. The van der Waals surface area contributed by atoms with Crippen LogP contribution in [-0.4, -0.2) is 11.0 Å². The molecular weight excluding hydrogens is 196 g/mol. The summed E-state index contributed by atoms with van der Waals surface area (Å²) in [6.45, 7) is 3.11. The van der Waals surface area contributed by atoms with Crippen molar-refractivity contribution in [3.05, 3.63) is 29.0 Å². The van der Waals surface area contributed by atoms with Gasteiger partial charge in [0, 0.05) is 25.0 Å². The van der Waals surface area contributed by atoms with Gasteiger partial charge in [-0.05, 0) is 24.0 Å². The number of hydrogen-bond donors (Lipinski definition) is 1. The van der Waals surface area contributed by atoms with Gasteiger partial charge >= 0.3 is 0 Å². The molecular formula is C11H15ClN2. The summed E-state index contributed by atoms with van der Waals surface area (Å²) in [6.07, 6.45) is 6.08. The van der Waals surface area contributed by atoms with Gasteiger partial charge in [0.25, 0.3) is 0 Å². The van der Waals surface area contributed by atoms with Crippen LogP contribution in [0.15, 0.2) is 18.5 Å². The largest absolute Gasteiger partial charge is 0.310 e. The van der Waals surface area contributed by atoms with Crippen LogP contribution < -0.4 is 5.32 Å². The Morgan fingerprint density at radius 1 is 1.64 bits per heavy atom. The van der Waals surface area contributed by atoms with Gasteiger partial charge in [-0.3, -0.25) is 4.98 Å². The normalized spacial score (nSPS) is 25.0. The van der Waals surface area contributed by atoms with Crippen molar-refractivity contribution in [1.82, 2.24) is 10.3 Å². The van der Waals surface area contributed by atoms with E-state index in [-0.39, 0.29) is 0 Å². The summed E-state index contributed by atoms with van der Waals surface area (Å²) in [5.74, 6) is 0.885. The molecule has 0 aromatic carbocycles. The van der Waals surface area contributed by atoms with Crippen molar-refractivity contribution in [1.29, 1.82) is 0 Å². The van der Waals surface area contributed by atoms with Crippen LogP contribution in [0, 0.1) is 5.92 Å². The minimum absolute atomic E-state index is 0.712. The summed E-state index contributed by atoms with van der Waals surface area (Å²) in [7, 11) is 0. The van der Waals surface area contributed by atoms with Crippen molar-refractivity contribution >= 4 is 11.6 Å². The predicted octanol–water partition coefficient (Wildman–Crippen LogP) is 2.62. The first-order valence-corrected chi connectivity index (χ1v) is 5.50. The SMILES string of the molecule is CCC1CC1NCc1ccncc1Cl. The molecule has 1 N–H and O–H groups in total. The molecule has 1 fully saturated rings. The third-order valence-electron chi connectivity index (χ3n) is 2.86. The summed E-state index contributed by atoms with van der Waals surface area (Å²) in [5, 5.41) is 4.26. The van der Waals surface area contributed by atoms with E-state index in [0.717, 1.165) is 23.0 Å². The maximum atomic E-state index is 6.00. The Balaban J connectivity index is 1.84. The molecule has 2 atom stereocenters. The second kappa shape index (κ2) is 4.28. The molecule has 0 radical (unpaired) electrons. The van der Waals surface area contributed by atoms with Gasteiger partial charge in [-0.15, -0.1) is 0 Å². The fourth-order valence-electron chi connectivity index (χ4n) is 1.74. The van der Waals surface area contributed by atoms with Gasteiger partial charge in [0.2, 0.25) is 0 Å². The maximum Gasteiger partial charge on any atom is 0.0634 e. The Kier molecular flexibility index (Phi) is 3.04. The van der Waals surface area contributed by atoms with Crippen LogP contribution in [0.4, 0.5) is 0 Å². The molecule has 1 aromatic rings. The Morgan fingerprint density at radius 3 is 3.14 bits per heavy atom. The Morgan fingerprint density at radius 2 is 2.50 bits per heavy atom. The Bertz CT molecular complexity index is 314. The van der Waals surface area contributed by atoms with Crippen LogP contribution >= 0.6 is 11.6 Å². The highest BCUT2D eigenvalue weighted by Gasteiger charge is 2.34. The second-order valence-corrected chi connectivity index (χ2v) is 4.27. The molecule has 0 spiro atoms. The Labute approximate surface area is 89.7 Å². The van der Waals surface area contributed by atoms with Crippen LogP contribution in [0.1, 0.15) is 25.3 Å². The highest BCUT2D eigenvalue weighted by molar-refractivity contribution is 6.31. The van der Waals surface area contributed by atoms with Gasteiger partial charge in [0.05, 0.1) is 5.02 Å². The van der Waals surface area contributed by atoms with Gasteiger partial charge in [-0.1, -0.05) is 24.9 Å². The van der Waals surface area contributed by atoms with Crippen molar-refractivity contribution in [3.8, 4) is 0 Å². The molecule has 1 saturated carbocycles. The average molecular weight is 211 g/mol. The van der Waals surface area contributed by atoms with Gasteiger partial charge in [0.1, 0.15) is 0 Å². The zero-order valence-electron chi connectivity index (χ0n) is 8.33. The quantitative estimate of drug-likeness (QED) is 0.827. The standard InChI is InChI=1S/C11H15ClN2/c1-2-8-5-11(8)14-6-9-3-4-13-7-10(9)12/h3-4,7-8,11,14H,2,5-6H2,1H3. The highest BCUT2D eigenvalue weighted by atomic mass is 35.5. The van der Waals surface area contributed by atoms with Crippen molar-refractivity contribution < 1.29 is 0 Å². The first-order chi connectivity index (χ1) is 6.81. The van der Waals surface area contributed by atoms with Crippen molar-refractivity contribution in [2.75, 3.05) is 0 Å². The number of nitrogens with one attached hydrogen (secondary N) is 1. The number of nitrogens with zero attached hydrogens (tertiary/aromatic N) is 1. The molecule has 0 aliphatic heterocycles. The van der Waals surface area contributed by atoms with E-state index in [2.05, 4.69) is 17.2 Å². The lowest BCUT2D eigenvalue weighted by Crippen LogP contribution is -2.17. The minimum Gasteiger partial charge on any atom is -0.310 e. The van der Waals surface area contributed by atoms with Crippen LogP contribution in [0.5, 0.6) is 0 Å². The molecule has 1 aliphatic carbocycles. The molecule has 0 amide bonds. The lowest BCUT2D eigenvalue weighted by molar-refractivity contribution is 0.623. The molecule has 2 rings (SSSR count). The topological polar surface area (TPSA) is 24.9 Å². The number of aromatic nitrogens is 1. The van der Waals surface area contributed by atoms with Crippen molar-refractivity contribution in [2.24, 2.45) is 5.92 Å². The van der Waals surface area contributed by atoms with Crippen LogP contribution in [-0.2, 0) is 6.54 Å². The fraction of sp³-hybridized carbons (Fsp3) is 0.545. The van der Waals surface area contributed by atoms with Gasteiger partial charge in [0.15, 0.2) is 0 Å². The van der Waals surface area contributed by atoms with Crippen LogP contribution in [0.3, 0.4) is 0 Å². The zero-order chi connectivity index (χ0) is 9.97. The van der Waals surface area contributed by atoms with E-state index in [1.165, 1.54) is 12.8 Å². The number of pyridine rings is 1. The molecule has 14 heavy (non-hydrogen) atoms. The van der Waals surface area contributed by atoms with Gasteiger partial charge < -0.3 is 5.32 Å². The first kappa shape index (κ1) is 9.94. The minimum atomic E-state index is 0.712. The lowest BCUT2D eigenvalue weighted by atomic mass is 10.2. The molecule has 0 saturated heterocycles. The predicted molar refractivity (Wildman–Crippen MR) is 58.3 cm³/mol. The van der Waals surface area contributed by atoms with E-state index in [4.69, 9.17) is 11.6 Å². The lowest BCUT2D eigenvalue weighted by Gasteiger charge is -2.05. The van der Waals surface area contributed by atoms with E-state index in [1.54, 1.807) is 12.4 Å². The van der Waals surface area contributed by atoms with Gasteiger partial charge in [-0.25, -0.2) is 0 Å². The van der Waals surface area contributed by atoms with E-state index in [9.17, 15) is 0 Å². The number of halogens is 1. The molecule has 3 heteroatoms. The number of rotatable bonds is 4. The smallest absolute Gasteiger partial charge is 0.0634 e. The van der Waals surface area contributed by atoms with E-state index in [1.807, 2.05) is 6.07 Å². The first-order valence-electron chi connectivity index (χ1n) is 5.13. The summed E-state index contributed by atoms with van der Waals surface area (Å²) >= 11 is 6.00. The molecule has 76 valence electrons. The molecule has 1 aromatic heterocycles. The molecule has 1 aliphatic rings. The van der Waals surface area contributed by atoms with Crippen LogP contribution in [0.2, 0.25) is 5.02 Å². The maximum absolute atomic E-state index is 6.00.